The van der Waals surface area contributed by atoms with Crippen molar-refractivity contribution in [2.75, 3.05) is 6.61 Å². The Morgan fingerprint density at radius 3 is 2.50 bits per heavy atom. The van der Waals surface area contributed by atoms with Crippen molar-refractivity contribution >= 4 is 17.3 Å². The van der Waals surface area contributed by atoms with E-state index in [0.717, 1.165) is 0 Å². The lowest BCUT2D eigenvalue weighted by Crippen LogP contribution is -2.53. The number of aliphatic hydroxyl groups excluding tert-OH is 2. The van der Waals surface area contributed by atoms with Gasteiger partial charge < -0.3 is 40.7 Å². The number of ketones is 3. The molecule has 0 bridgehead atoms. The predicted molar refractivity (Wildman–Crippen MR) is 130 cm³/mol. The number of hydrogen-bond donors (Lipinski definition) is 6. The second-order valence-corrected chi connectivity index (χ2v) is 10.3. The first-order valence-electron chi connectivity index (χ1n) is 12.3. The van der Waals surface area contributed by atoms with E-state index in [1.165, 1.54) is 6.07 Å². The van der Waals surface area contributed by atoms with Gasteiger partial charge >= 0.3 is 0 Å². The fourth-order valence-corrected chi connectivity index (χ4v) is 5.78. The second kappa shape index (κ2) is 9.23. The summed E-state index contributed by atoms with van der Waals surface area (Å²) in [6.07, 6.45) is -4.98. The van der Waals surface area contributed by atoms with E-state index in [2.05, 4.69) is 0 Å². The van der Waals surface area contributed by atoms with Gasteiger partial charge in [-0.2, -0.15) is 0 Å². The number of ether oxygens (including phenoxy) is 2. The molecule has 3 aliphatic rings. The van der Waals surface area contributed by atoms with Crippen LogP contribution >= 0.6 is 0 Å². The van der Waals surface area contributed by atoms with Crippen LogP contribution in [0.15, 0.2) is 18.2 Å². The number of aromatic hydroxyl groups is 2. The van der Waals surface area contributed by atoms with Crippen LogP contribution in [-0.2, 0) is 20.7 Å². The van der Waals surface area contributed by atoms with Crippen LogP contribution in [0.2, 0.25) is 0 Å². The van der Waals surface area contributed by atoms with E-state index < -0.39 is 95.7 Å². The van der Waals surface area contributed by atoms with Gasteiger partial charge in [-0.1, -0.05) is 18.2 Å². The maximum Gasteiger partial charge on any atom is 0.198 e. The Morgan fingerprint density at radius 2 is 1.84 bits per heavy atom. The maximum atomic E-state index is 13.6. The molecule has 5 rings (SSSR count). The summed E-state index contributed by atoms with van der Waals surface area (Å²) >= 11 is 0. The summed E-state index contributed by atoms with van der Waals surface area (Å²) in [7, 11) is 0. The summed E-state index contributed by atoms with van der Waals surface area (Å²) in [5.41, 5.74) is 3.38. The summed E-state index contributed by atoms with van der Waals surface area (Å²) in [5, 5.41) is 53.6. The van der Waals surface area contributed by atoms with Gasteiger partial charge in [0.1, 0.15) is 23.7 Å². The largest absolute Gasteiger partial charge is 0.507 e. The molecule has 7 N–H and O–H groups in total. The van der Waals surface area contributed by atoms with Crippen molar-refractivity contribution in [3.63, 3.8) is 0 Å². The Kier molecular flexibility index (Phi) is 6.41. The molecule has 0 radical (unpaired) electrons. The summed E-state index contributed by atoms with van der Waals surface area (Å²) in [4.78, 5) is 39.6. The smallest absolute Gasteiger partial charge is 0.198 e. The SMILES string of the molecule is Cc1cccc2c1C(=O)c1c(O)c3c(c(O)c1C2=O)C[C@@](O)(C(=O)CO)C[C@@H]3O[C@H]1C[C@H](N)[C@H](O)[C@H](C)O1. The third-order valence-corrected chi connectivity index (χ3v) is 7.83. The fourth-order valence-electron chi connectivity index (χ4n) is 5.78. The first-order valence-corrected chi connectivity index (χ1v) is 12.3. The van der Waals surface area contributed by atoms with Crippen molar-refractivity contribution in [3.05, 3.63) is 57.1 Å². The topological polar surface area (TPSA) is 197 Å². The third-order valence-electron chi connectivity index (χ3n) is 7.83. The molecule has 11 heteroatoms. The van der Waals surface area contributed by atoms with E-state index >= 15 is 0 Å². The molecule has 0 aromatic heterocycles. The number of phenols is 2. The van der Waals surface area contributed by atoms with Gasteiger partial charge in [0, 0.05) is 47.6 Å². The number of fused-ring (bicyclic) bond motifs is 3. The highest BCUT2D eigenvalue weighted by atomic mass is 16.7. The van der Waals surface area contributed by atoms with Crippen LogP contribution in [0.25, 0.3) is 0 Å². The van der Waals surface area contributed by atoms with Crippen LogP contribution < -0.4 is 5.73 Å². The highest BCUT2D eigenvalue weighted by Gasteiger charge is 2.50. The minimum atomic E-state index is -2.22. The number of rotatable bonds is 4. The van der Waals surface area contributed by atoms with E-state index in [-0.39, 0.29) is 28.7 Å². The number of nitrogens with two attached hydrogens (primary N) is 1. The van der Waals surface area contributed by atoms with Crippen LogP contribution in [-0.4, -0.2) is 79.6 Å². The normalized spacial score (nSPS) is 30.4. The number of carbonyl (C=O) groups excluding carboxylic acids is 3. The number of carbonyl (C=O) groups is 3. The summed E-state index contributed by atoms with van der Waals surface area (Å²) in [5.74, 6) is -3.60. The molecular weight excluding hydrogens is 498 g/mol. The van der Waals surface area contributed by atoms with Crippen LogP contribution in [0.1, 0.15) is 74.4 Å². The minimum Gasteiger partial charge on any atom is -0.507 e. The molecule has 202 valence electrons. The number of phenolic OH excluding ortho intramolecular Hbond substituents is 2. The average molecular weight is 528 g/mol. The lowest BCUT2D eigenvalue weighted by Gasteiger charge is -2.42. The van der Waals surface area contributed by atoms with Gasteiger partial charge in [0.2, 0.25) is 0 Å². The molecule has 11 nitrogen and oxygen atoms in total. The molecule has 2 aliphatic carbocycles. The molecule has 1 heterocycles. The number of aliphatic hydroxyl groups is 3. The monoisotopic (exact) mass is 527 g/mol. The van der Waals surface area contributed by atoms with E-state index in [4.69, 9.17) is 15.2 Å². The summed E-state index contributed by atoms with van der Waals surface area (Å²) in [6, 6.07) is 3.97. The first-order chi connectivity index (χ1) is 17.9. The van der Waals surface area contributed by atoms with Crippen LogP contribution in [0.4, 0.5) is 0 Å². The van der Waals surface area contributed by atoms with Gasteiger partial charge in [0.05, 0.1) is 29.4 Å². The maximum absolute atomic E-state index is 13.6. The summed E-state index contributed by atoms with van der Waals surface area (Å²) < 4.78 is 11.7. The van der Waals surface area contributed by atoms with Gasteiger partial charge in [-0.15, -0.1) is 0 Å². The van der Waals surface area contributed by atoms with Gasteiger partial charge in [-0.05, 0) is 19.4 Å². The Morgan fingerprint density at radius 1 is 1.16 bits per heavy atom. The van der Waals surface area contributed by atoms with E-state index in [0.29, 0.717) is 5.56 Å². The minimum absolute atomic E-state index is 0.0331. The molecule has 0 amide bonds. The zero-order valence-corrected chi connectivity index (χ0v) is 20.8. The summed E-state index contributed by atoms with van der Waals surface area (Å²) in [6.45, 7) is 2.23. The van der Waals surface area contributed by atoms with Crippen molar-refractivity contribution < 1.29 is 49.4 Å². The molecule has 6 atom stereocenters. The highest BCUT2D eigenvalue weighted by Crippen LogP contribution is 2.52. The number of Topliss-reactive ketones (excluding diaryl/α,β-unsaturated/α-hetero) is 1. The van der Waals surface area contributed by atoms with Crippen molar-refractivity contribution in [3.8, 4) is 11.5 Å². The molecule has 2 aromatic rings. The lowest BCUT2D eigenvalue weighted by atomic mass is 9.71. The first kappa shape index (κ1) is 26.4. The Hall–Kier alpha value is -3.19. The second-order valence-electron chi connectivity index (χ2n) is 10.3. The quantitative estimate of drug-likeness (QED) is 0.255. The van der Waals surface area contributed by atoms with E-state index in [1.807, 2.05) is 0 Å². The van der Waals surface area contributed by atoms with Crippen molar-refractivity contribution in [1.82, 2.24) is 0 Å². The van der Waals surface area contributed by atoms with Crippen molar-refractivity contribution in [1.29, 1.82) is 0 Å². The average Bonchev–Trinajstić information content (AvgIpc) is 2.86. The molecular formula is C27H29NO10. The van der Waals surface area contributed by atoms with Crippen LogP contribution in [0.3, 0.4) is 0 Å². The Labute approximate surface area is 217 Å². The number of aryl methyl sites for hydroxylation is 1. The van der Waals surface area contributed by atoms with Gasteiger partial charge in [-0.3, -0.25) is 14.4 Å². The Balaban J connectivity index is 1.68. The molecule has 0 unspecified atom stereocenters. The zero-order valence-electron chi connectivity index (χ0n) is 20.8. The molecule has 0 spiro atoms. The molecule has 2 aromatic carbocycles. The standard InChI is InChI=1S/C27H29NO10/c1-10-4-3-5-12-18(10)25(34)21-20(23(12)32)24(33)13-7-27(36,16(30)9-29)8-15(19(13)26(21)35)38-17-6-14(28)22(31)11(2)37-17/h3-5,11,14-15,17,22,29,31,33,35-36H,6-9,28H2,1-2H3/t11-,14-,15-,17-,22+,27-/m0/s1. The zero-order chi connectivity index (χ0) is 27.7. The molecule has 38 heavy (non-hydrogen) atoms. The lowest BCUT2D eigenvalue weighted by molar-refractivity contribution is -0.247. The van der Waals surface area contributed by atoms with Gasteiger partial charge in [-0.25, -0.2) is 0 Å². The van der Waals surface area contributed by atoms with E-state index in [1.54, 1.807) is 26.0 Å². The predicted octanol–water partition coefficient (Wildman–Crippen LogP) is 0.301. The molecule has 0 saturated carbocycles. The van der Waals surface area contributed by atoms with Gasteiger partial charge in [0.15, 0.2) is 23.6 Å². The van der Waals surface area contributed by atoms with Gasteiger partial charge in [0.25, 0.3) is 0 Å². The Bertz CT molecular complexity index is 1360. The molecule has 1 saturated heterocycles. The fraction of sp³-hybridized carbons (Fsp3) is 0.444. The number of benzene rings is 2. The van der Waals surface area contributed by atoms with E-state index in [9.17, 15) is 39.9 Å². The van der Waals surface area contributed by atoms with Crippen molar-refractivity contribution in [2.45, 2.75) is 69.4 Å². The van der Waals surface area contributed by atoms with Crippen molar-refractivity contribution in [2.24, 2.45) is 5.73 Å². The van der Waals surface area contributed by atoms with Crippen LogP contribution in [0, 0.1) is 6.92 Å². The number of hydrogen-bond acceptors (Lipinski definition) is 11. The molecule has 1 fully saturated rings. The molecule has 1 aliphatic heterocycles. The highest BCUT2D eigenvalue weighted by molar-refractivity contribution is 6.31. The van der Waals surface area contributed by atoms with Crippen LogP contribution in [0.5, 0.6) is 11.5 Å². The third kappa shape index (κ3) is 3.85.